The molecule has 0 aliphatic rings. The highest BCUT2D eigenvalue weighted by Gasteiger charge is 2.20. The number of likely N-dealkylation sites (N-methyl/N-ethyl adjacent to an activating group) is 1. The first-order valence-corrected chi connectivity index (χ1v) is 10.6. The molecule has 140 valence electrons. The van der Waals surface area contributed by atoms with Crippen LogP contribution in [0.1, 0.15) is 5.56 Å². The van der Waals surface area contributed by atoms with Crippen molar-refractivity contribution < 1.29 is 8.42 Å². The standard InChI is InChI=1S/C18H19N5O2S2/c1-23(2)9-8-12-11-19-15-7-6-13(10-14(12)15)22-27(24,25)17-5-3-4-16-18(17)21-26-20-16/h3-7,10-11,19,22H,8-9H2,1-2H3. The highest BCUT2D eigenvalue weighted by molar-refractivity contribution is 7.93. The predicted molar refractivity (Wildman–Crippen MR) is 109 cm³/mol. The molecule has 0 spiro atoms. The second-order valence-corrected chi connectivity index (χ2v) is 8.80. The van der Waals surface area contributed by atoms with E-state index in [9.17, 15) is 8.42 Å². The van der Waals surface area contributed by atoms with Gasteiger partial charge >= 0.3 is 0 Å². The molecule has 7 nitrogen and oxygen atoms in total. The van der Waals surface area contributed by atoms with Crippen LogP contribution in [0.3, 0.4) is 0 Å². The summed E-state index contributed by atoms with van der Waals surface area (Å²) in [5.74, 6) is 0. The number of sulfonamides is 1. The van der Waals surface area contributed by atoms with Crippen LogP contribution >= 0.6 is 11.7 Å². The smallest absolute Gasteiger partial charge is 0.264 e. The molecule has 4 aromatic rings. The van der Waals surface area contributed by atoms with E-state index < -0.39 is 10.0 Å². The fourth-order valence-electron chi connectivity index (χ4n) is 3.00. The van der Waals surface area contributed by atoms with E-state index in [1.54, 1.807) is 24.3 Å². The van der Waals surface area contributed by atoms with Crippen LogP contribution in [0.4, 0.5) is 5.69 Å². The molecule has 0 bridgehead atoms. The highest BCUT2D eigenvalue weighted by Crippen LogP contribution is 2.27. The molecule has 0 saturated heterocycles. The second kappa shape index (κ2) is 6.91. The maximum atomic E-state index is 12.9. The van der Waals surface area contributed by atoms with E-state index in [0.29, 0.717) is 16.7 Å². The number of aromatic nitrogens is 3. The summed E-state index contributed by atoms with van der Waals surface area (Å²) in [6.07, 6.45) is 2.86. The summed E-state index contributed by atoms with van der Waals surface area (Å²) >= 11 is 1.00. The van der Waals surface area contributed by atoms with Gasteiger partial charge in [-0.3, -0.25) is 4.72 Å². The van der Waals surface area contributed by atoms with Gasteiger partial charge in [0, 0.05) is 29.3 Å². The van der Waals surface area contributed by atoms with Crippen molar-refractivity contribution in [2.75, 3.05) is 25.4 Å². The van der Waals surface area contributed by atoms with Gasteiger partial charge in [-0.1, -0.05) is 6.07 Å². The Bertz CT molecular complexity index is 1210. The normalized spacial score (nSPS) is 12.3. The van der Waals surface area contributed by atoms with Crippen LogP contribution in [0.15, 0.2) is 47.5 Å². The number of anilines is 1. The molecule has 2 heterocycles. The molecule has 0 atom stereocenters. The molecule has 4 rings (SSSR count). The second-order valence-electron chi connectivity index (χ2n) is 6.62. The van der Waals surface area contributed by atoms with Crippen molar-refractivity contribution in [3.63, 3.8) is 0 Å². The fraction of sp³-hybridized carbons (Fsp3) is 0.222. The first-order chi connectivity index (χ1) is 12.9. The Morgan fingerprint density at radius 1 is 1.19 bits per heavy atom. The van der Waals surface area contributed by atoms with Gasteiger partial charge in [0.15, 0.2) is 0 Å². The van der Waals surface area contributed by atoms with Gasteiger partial charge in [0.25, 0.3) is 10.0 Å². The van der Waals surface area contributed by atoms with Gasteiger partial charge in [0.2, 0.25) is 0 Å². The average molecular weight is 402 g/mol. The van der Waals surface area contributed by atoms with Crippen LogP contribution in [-0.4, -0.2) is 47.7 Å². The Morgan fingerprint density at radius 2 is 2.04 bits per heavy atom. The summed E-state index contributed by atoms with van der Waals surface area (Å²) < 4.78 is 36.7. The van der Waals surface area contributed by atoms with Crippen LogP contribution in [0.5, 0.6) is 0 Å². The quantitative estimate of drug-likeness (QED) is 0.518. The van der Waals surface area contributed by atoms with Gasteiger partial charge in [0.1, 0.15) is 15.9 Å². The van der Waals surface area contributed by atoms with Crippen molar-refractivity contribution in [2.45, 2.75) is 11.3 Å². The molecule has 0 unspecified atom stereocenters. The van der Waals surface area contributed by atoms with Crippen LogP contribution in [0.2, 0.25) is 0 Å². The van der Waals surface area contributed by atoms with Crippen LogP contribution < -0.4 is 4.72 Å². The molecule has 27 heavy (non-hydrogen) atoms. The lowest BCUT2D eigenvalue weighted by Crippen LogP contribution is -2.15. The van der Waals surface area contributed by atoms with Gasteiger partial charge in [-0.25, -0.2) is 8.42 Å². The molecule has 2 N–H and O–H groups in total. The molecule has 2 aromatic carbocycles. The zero-order valence-electron chi connectivity index (χ0n) is 14.9. The van der Waals surface area contributed by atoms with Crippen molar-refractivity contribution >= 4 is 49.4 Å². The van der Waals surface area contributed by atoms with E-state index in [4.69, 9.17) is 0 Å². The number of H-pyrrole nitrogens is 1. The average Bonchev–Trinajstić information content (AvgIpc) is 3.25. The van der Waals surface area contributed by atoms with E-state index in [1.165, 1.54) is 0 Å². The summed E-state index contributed by atoms with van der Waals surface area (Å²) in [4.78, 5) is 5.50. The lowest BCUT2D eigenvalue weighted by molar-refractivity contribution is 0.414. The van der Waals surface area contributed by atoms with Gasteiger partial charge < -0.3 is 9.88 Å². The van der Waals surface area contributed by atoms with E-state index in [1.807, 2.05) is 32.4 Å². The van der Waals surface area contributed by atoms with Crippen LogP contribution in [0.25, 0.3) is 21.9 Å². The highest BCUT2D eigenvalue weighted by atomic mass is 32.2. The van der Waals surface area contributed by atoms with Crippen LogP contribution in [0, 0.1) is 0 Å². The largest absolute Gasteiger partial charge is 0.361 e. The minimum atomic E-state index is -3.76. The molecule has 0 aliphatic heterocycles. The fourth-order valence-corrected chi connectivity index (χ4v) is 4.82. The van der Waals surface area contributed by atoms with Crippen molar-refractivity contribution in [1.29, 1.82) is 0 Å². The maximum Gasteiger partial charge on any atom is 0.264 e. The van der Waals surface area contributed by atoms with E-state index in [-0.39, 0.29) is 4.90 Å². The number of benzene rings is 2. The SMILES string of the molecule is CN(C)CCc1c[nH]c2ccc(NS(=O)(=O)c3cccc4nsnc34)cc12. The molecular formula is C18H19N5O2S2. The number of fused-ring (bicyclic) bond motifs is 2. The molecule has 0 saturated carbocycles. The summed E-state index contributed by atoms with van der Waals surface area (Å²) in [7, 11) is 0.296. The molecule has 0 aliphatic carbocycles. The Balaban J connectivity index is 1.68. The molecule has 0 fully saturated rings. The lowest BCUT2D eigenvalue weighted by atomic mass is 10.1. The summed E-state index contributed by atoms with van der Waals surface area (Å²) in [6.45, 7) is 0.918. The predicted octanol–water partition coefficient (Wildman–Crippen LogP) is 3.08. The Labute approximate surface area is 161 Å². The topological polar surface area (TPSA) is 91.0 Å². The van der Waals surface area contributed by atoms with Gasteiger partial charge in [-0.2, -0.15) is 8.75 Å². The van der Waals surface area contributed by atoms with Gasteiger partial charge in [-0.05, 0) is 56.4 Å². The monoisotopic (exact) mass is 401 g/mol. The van der Waals surface area contributed by atoms with Crippen molar-refractivity contribution in [3.8, 4) is 0 Å². The zero-order valence-corrected chi connectivity index (χ0v) is 16.6. The lowest BCUT2D eigenvalue weighted by Gasteiger charge is -2.10. The third-order valence-electron chi connectivity index (χ3n) is 4.39. The third kappa shape index (κ3) is 3.53. The molecule has 9 heteroatoms. The molecular weight excluding hydrogens is 382 g/mol. The van der Waals surface area contributed by atoms with Crippen molar-refractivity contribution in [3.05, 3.63) is 48.2 Å². The van der Waals surface area contributed by atoms with E-state index in [2.05, 4.69) is 23.4 Å². The molecule has 0 amide bonds. The summed E-state index contributed by atoms with van der Waals surface area (Å²) in [6, 6.07) is 10.5. The molecule has 0 radical (unpaired) electrons. The number of aromatic amines is 1. The maximum absolute atomic E-state index is 12.9. The van der Waals surface area contributed by atoms with Crippen molar-refractivity contribution in [2.24, 2.45) is 0 Å². The van der Waals surface area contributed by atoms with Gasteiger partial charge in [-0.15, -0.1) is 0 Å². The van der Waals surface area contributed by atoms with E-state index in [0.717, 1.165) is 41.2 Å². The number of hydrogen-bond acceptors (Lipinski definition) is 6. The van der Waals surface area contributed by atoms with E-state index >= 15 is 0 Å². The minimum absolute atomic E-state index is 0.135. The van der Waals surface area contributed by atoms with Crippen molar-refractivity contribution in [1.82, 2.24) is 18.6 Å². The summed E-state index contributed by atoms with van der Waals surface area (Å²) in [5.41, 5.74) is 3.63. The zero-order chi connectivity index (χ0) is 19.0. The first-order valence-electron chi connectivity index (χ1n) is 8.43. The Hall–Kier alpha value is -2.49. The number of nitrogens with one attached hydrogen (secondary N) is 2. The molecule has 2 aromatic heterocycles. The van der Waals surface area contributed by atoms with Crippen LogP contribution in [-0.2, 0) is 16.4 Å². The third-order valence-corrected chi connectivity index (χ3v) is 6.34. The Morgan fingerprint density at radius 3 is 2.85 bits per heavy atom. The number of rotatable bonds is 6. The first kappa shape index (κ1) is 17.9. The Kier molecular flexibility index (Phi) is 4.58. The number of hydrogen-bond donors (Lipinski definition) is 2. The number of nitrogens with zero attached hydrogens (tertiary/aromatic N) is 3. The van der Waals surface area contributed by atoms with Gasteiger partial charge in [0.05, 0.1) is 11.7 Å². The summed E-state index contributed by atoms with van der Waals surface area (Å²) in [5, 5.41) is 1.02. The minimum Gasteiger partial charge on any atom is -0.361 e.